The highest BCUT2D eigenvalue weighted by molar-refractivity contribution is 5.51. The molecule has 1 atom stereocenters. The summed E-state index contributed by atoms with van der Waals surface area (Å²) < 4.78 is 0. The van der Waals surface area contributed by atoms with Crippen LogP contribution in [0.5, 0.6) is 5.75 Å². The largest absolute Gasteiger partial charge is 0.508 e. The highest BCUT2D eigenvalue weighted by Gasteiger charge is 2.24. The van der Waals surface area contributed by atoms with Crippen LogP contribution in [0, 0.1) is 5.92 Å². The van der Waals surface area contributed by atoms with Crippen molar-refractivity contribution in [1.82, 2.24) is 5.32 Å². The lowest BCUT2D eigenvalue weighted by molar-refractivity contribution is 0.0893. The number of nitrogen functional groups attached to an aromatic ring is 1. The van der Waals surface area contributed by atoms with Crippen LogP contribution in [0.15, 0.2) is 18.2 Å². The number of piperidine rings is 1. The second-order valence-electron chi connectivity index (χ2n) is 4.35. The summed E-state index contributed by atoms with van der Waals surface area (Å²) in [6, 6.07) is 4.73. The van der Waals surface area contributed by atoms with Crippen LogP contribution in [0.2, 0.25) is 0 Å². The van der Waals surface area contributed by atoms with Crippen LogP contribution < -0.4 is 11.1 Å². The van der Waals surface area contributed by atoms with Crippen LogP contribution in [0.4, 0.5) is 5.69 Å². The molecule has 1 aliphatic heterocycles. The SMILES string of the molecule is Nc1ccc(O)cc1C(O)C1CCNCC1. The third-order valence-electron chi connectivity index (χ3n) is 3.22. The molecule has 5 N–H and O–H groups in total. The topological polar surface area (TPSA) is 78.5 Å². The third-order valence-corrected chi connectivity index (χ3v) is 3.22. The number of hydrogen-bond acceptors (Lipinski definition) is 4. The number of phenolic OH excluding ortho intramolecular Hbond substituents is 1. The van der Waals surface area contributed by atoms with E-state index in [0.29, 0.717) is 11.3 Å². The molecule has 1 unspecified atom stereocenters. The van der Waals surface area contributed by atoms with Crippen LogP contribution in [0.25, 0.3) is 0 Å². The zero-order chi connectivity index (χ0) is 11.5. The van der Waals surface area contributed by atoms with Crippen LogP contribution in [-0.2, 0) is 0 Å². The lowest BCUT2D eigenvalue weighted by Crippen LogP contribution is -2.31. The zero-order valence-corrected chi connectivity index (χ0v) is 9.19. The van der Waals surface area contributed by atoms with E-state index in [1.807, 2.05) is 0 Å². The molecule has 0 spiro atoms. The van der Waals surface area contributed by atoms with Gasteiger partial charge in [0.25, 0.3) is 0 Å². The Labute approximate surface area is 95.1 Å². The number of benzene rings is 1. The van der Waals surface area contributed by atoms with Gasteiger partial charge >= 0.3 is 0 Å². The van der Waals surface area contributed by atoms with E-state index in [-0.39, 0.29) is 11.7 Å². The van der Waals surface area contributed by atoms with E-state index in [4.69, 9.17) is 5.73 Å². The van der Waals surface area contributed by atoms with Gasteiger partial charge in [0.05, 0.1) is 6.10 Å². The zero-order valence-electron chi connectivity index (χ0n) is 9.19. The Kier molecular flexibility index (Phi) is 3.31. The summed E-state index contributed by atoms with van der Waals surface area (Å²) in [7, 11) is 0. The van der Waals surface area contributed by atoms with E-state index < -0.39 is 6.10 Å². The Hall–Kier alpha value is -1.26. The van der Waals surface area contributed by atoms with Crippen LogP contribution in [-0.4, -0.2) is 23.3 Å². The molecule has 2 rings (SSSR count). The van der Waals surface area contributed by atoms with Gasteiger partial charge in [-0.3, -0.25) is 0 Å². The molecular formula is C12H18N2O2. The maximum absolute atomic E-state index is 10.2. The molecule has 0 aliphatic carbocycles. The molecule has 0 saturated carbocycles. The first-order valence-electron chi connectivity index (χ1n) is 5.65. The van der Waals surface area contributed by atoms with Crippen molar-refractivity contribution in [2.24, 2.45) is 5.92 Å². The minimum atomic E-state index is -0.575. The molecule has 1 saturated heterocycles. The van der Waals surface area contributed by atoms with E-state index in [9.17, 15) is 10.2 Å². The Bertz CT molecular complexity index is 362. The van der Waals surface area contributed by atoms with Gasteiger partial charge in [0.1, 0.15) is 5.75 Å². The van der Waals surface area contributed by atoms with Gasteiger partial charge in [0, 0.05) is 11.3 Å². The van der Waals surface area contributed by atoms with Crippen LogP contribution in [0.1, 0.15) is 24.5 Å². The molecule has 1 aromatic rings. The number of hydrogen-bond donors (Lipinski definition) is 4. The summed E-state index contributed by atoms with van der Waals surface area (Å²) in [6.07, 6.45) is 1.31. The smallest absolute Gasteiger partial charge is 0.116 e. The minimum Gasteiger partial charge on any atom is -0.508 e. The molecule has 1 aliphatic rings. The average Bonchev–Trinajstić information content (AvgIpc) is 2.32. The molecule has 0 bridgehead atoms. The van der Waals surface area contributed by atoms with Crippen molar-refractivity contribution in [3.63, 3.8) is 0 Å². The summed E-state index contributed by atoms with van der Waals surface area (Å²) in [5.74, 6) is 0.377. The highest BCUT2D eigenvalue weighted by atomic mass is 16.3. The van der Waals surface area contributed by atoms with E-state index >= 15 is 0 Å². The van der Waals surface area contributed by atoms with Crippen molar-refractivity contribution in [3.8, 4) is 5.75 Å². The third kappa shape index (κ3) is 2.28. The molecule has 0 radical (unpaired) electrons. The molecule has 1 heterocycles. The normalized spacial score (nSPS) is 19.6. The lowest BCUT2D eigenvalue weighted by atomic mass is 9.87. The summed E-state index contributed by atoms with van der Waals surface area (Å²) in [5, 5.41) is 22.9. The fraction of sp³-hybridized carbons (Fsp3) is 0.500. The van der Waals surface area contributed by atoms with E-state index in [1.165, 1.54) is 6.07 Å². The maximum atomic E-state index is 10.2. The minimum absolute atomic E-state index is 0.150. The first-order chi connectivity index (χ1) is 7.68. The number of aromatic hydroxyl groups is 1. The van der Waals surface area contributed by atoms with Crippen molar-refractivity contribution < 1.29 is 10.2 Å². The monoisotopic (exact) mass is 222 g/mol. The molecule has 4 heteroatoms. The number of aliphatic hydroxyl groups is 1. The average molecular weight is 222 g/mol. The van der Waals surface area contributed by atoms with Crippen molar-refractivity contribution in [2.45, 2.75) is 18.9 Å². The van der Waals surface area contributed by atoms with Gasteiger partial charge in [-0.05, 0) is 50.0 Å². The molecule has 16 heavy (non-hydrogen) atoms. The van der Waals surface area contributed by atoms with Gasteiger partial charge in [0.2, 0.25) is 0 Å². The Morgan fingerprint density at radius 1 is 1.31 bits per heavy atom. The summed E-state index contributed by atoms with van der Waals surface area (Å²) in [5.41, 5.74) is 7.00. The van der Waals surface area contributed by atoms with E-state index in [0.717, 1.165) is 25.9 Å². The standard InChI is InChI=1S/C12H18N2O2/c13-11-2-1-9(15)7-10(11)12(16)8-3-5-14-6-4-8/h1-2,7-8,12,14-16H,3-6,13H2. The van der Waals surface area contributed by atoms with Crippen molar-refractivity contribution >= 4 is 5.69 Å². The maximum Gasteiger partial charge on any atom is 0.116 e. The van der Waals surface area contributed by atoms with Gasteiger partial charge in [-0.15, -0.1) is 0 Å². The van der Waals surface area contributed by atoms with Gasteiger partial charge in [-0.1, -0.05) is 0 Å². The van der Waals surface area contributed by atoms with Crippen LogP contribution >= 0.6 is 0 Å². The second-order valence-corrected chi connectivity index (χ2v) is 4.35. The van der Waals surface area contributed by atoms with Crippen LogP contribution in [0.3, 0.4) is 0 Å². The van der Waals surface area contributed by atoms with E-state index in [2.05, 4.69) is 5.32 Å². The van der Waals surface area contributed by atoms with Gasteiger partial charge in [-0.25, -0.2) is 0 Å². The Morgan fingerprint density at radius 2 is 2.00 bits per heavy atom. The molecular weight excluding hydrogens is 204 g/mol. The molecule has 1 aromatic carbocycles. The highest BCUT2D eigenvalue weighted by Crippen LogP contribution is 2.33. The number of rotatable bonds is 2. The number of nitrogens with one attached hydrogen (secondary N) is 1. The molecule has 0 amide bonds. The van der Waals surface area contributed by atoms with Gasteiger partial charge in [0.15, 0.2) is 0 Å². The molecule has 88 valence electrons. The predicted octanol–water partition coefficient (Wildman–Crippen LogP) is 1.01. The number of aliphatic hydroxyl groups excluding tert-OH is 1. The summed E-state index contributed by atoms with van der Waals surface area (Å²) >= 11 is 0. The lowest BCUT2D eigenvalue weighted by Gasteiger charge is -2.28. The van der Waals surface area contributed by atoms with Crippen molar-refractivity contribution in [1.29, 1.82) is 0 Å². The Morgan fingerprint density at radius 3 is 2.69 bits per heavy atom. The predicted molar refractivity (Wildman–Crippen MR) is 63.1 cm³/mol. The first-order valence-corrected chi connectivity index (χ1v) is 5.65. The van der Waals surface area contributed by atoms with Crippen molar-refractivity contribution in [2.75, 3.05) is 18.8 Å². The quantitative estimate of drug-likeness (QED) is 0.445. The van der Waals surface area contributed by atoms with E-state index in [1.54, 1.807) is 12.1 Å². The first kappa shape index (κ1) is 11.2. The summed E-state index contributed by atoms with van der Waals surface area (Å²) in [4.78, 5) is 0. The summed E-state index contributed by atoms with van der Waals surface area (Å²) in [6.45, 7) is 1.86. The van der Waals surface area contributed by atoms with Crippen molar-refractivity contribution in [3.05, 3.63) is 23.8 Å². The molecule has 0 aromatic heterocycles. The fourth-order valence-corrected chi connectivity index (χ4v) is 2.23. The van der Waals surface area contributed by atoms with Gasteiger partial charge in [-0.2, -0.15) is 0 Å². The van der Waals surface area contributed by atoms with Gasteiger partial charge < -0.3 is 21.3 Å². The number of nitrogens with two attached hydrogens (primary N) is 1. The fourth-order valence-electron chi connectivity index (χ4n) is 2.23. The second kappa shape index (κ2) is 4.72. The Balaban J connectivity index is 2.18. The molecule has 1 fully saturated rings. The molecule has 4 nitrogen and oxygen atoms in total. The number of anilines is 1. The number of phenols is 1.